The molecule has 1 aliphatic rings. The van der Waals surface area contributed by atoms with E-state index in [1.807, 2.05) is 19.9 Å². The fourth-order valence-corrected chi connectivity index (χ4v) is 3.21. The number of hydrogen-bond acceptors (Lipinski definition) is 3. The second-order valence-corrected chi connectivity index (χ2v) is 6.84. The summed E-state index contributed by atoms with van der Waals surface area (Å²) in [4.78, 5) is 0. The van der Waals surface area contributed by atoms with Crippen molar-refractivity contribution in [1.82, 2.24) is 0 Å². The fourth-order valence-electron chi connectivity index (χ4n) is 2.14. The van der Waals surface area contributed by atoms with Gasteiger partial charge < -0.3 is 5.73 Å². The number of hydrogen-bond donors (Lipinski definition) is 1. The van der Waals surface area contributed by atoms with Crippen LogP contribution in [0.1, 0.15) is 19.4 Å². The Morgan fingerprint density at radius 3 is 2.56 bits per heavy atom. The van der Waals surface area contributed by atoms with Gasteiger partial charge in [0.05, 0.1) is 11.9 Å². The number of nitrogens with zero attached hydrogens (tertiary/aromatic N) is 1. The molecule has 0 saturated carbocycles. The van der Waals surface area contributed by atoms with E-state index >= 15 is 0 Å². The Labute approximate surface area is 96.1 Å². The van der Waals surface area contributed by atoms with Crippen molar-refractivity contribution >= 4 is 21.4 Å². The van der Waals surface area contributed by atoms with Crippen molar-refractivity contribution in [3.05, 3.63) is 23.8 Å². The number of nitrogen functional groups attached to an aromatic ring is 1. The molecule has 1 aliphatic heterocycles. The molecular weight excluding hydrogens is 224 g/mol. The second-order valence-electron chi connectivity index (χ2n) is 4.93. The molecule has 0 aromatic heterocycles. The van der Waals surface area contributed by atoms with Crippen molar-refractivity contribution < 1.29 is 8.42 Å². The molecule has 16 heavy (non-hydrogen) atoms. The van der Waals surface area contributed by atoms with Gasteiger partial charge in [0, 0.05) is 17.6 Å². The van der Waals surface area contributed by atoms with Crippen molar-refractivity contribution in [3.63, 3.8) is 0 Å². The number of nitrogens with two attached hydrogens (primary N) is 1. The van der Waals surface area contributed by atoms with Gasteiger partial charge in [0.25, 0.3) is 0 Å². The number of fused-ring (bicyclic) bond motifs is 1. The van der Waals surface area contributed by atoms with Crippen LogP contribution in [0.15, 0.2) is 18.2 Å². The summed E-state index contributed by atoms with van der Waals surface area (Å²) in [6, 6.07) is 5.37. The van der Waals surface area contributed by atoms with Gasteiger partial charge in [-0.1, -0.05) is 13.8 Å². The predicted octanol–water partition coefficient (Wildman–Crippen LogP) is 1.33. The molecule has 1 aromatic carbocycles. The first-order chi connectivity index (χ1) is 7.22. The fraction of sp³-hybridized carbons (Fsp3) is 0.455. The van der Waals surface area contributed by atoms with Crippen molar-refractivity contribution in [2.75, 3.05) is 22.8 Å². The normalized spacial score (nSPS) is 18.6. The van der Waals surface area contributed by atoms with Crippen LogP contribution >= 0.6 is 0 Å². The molecule has 1 heterocycles. The lowest BCUT2D eigenvalue weighted by Gasteiger charge is -2.20. The summed E-state index contributed by atoms with van der Waals surface area (Å²) < 4.78 is 24.8. The zero-order valence-corrected chi connectivity index (χ0v) is 10.5. The Morgan fingerprint density at radius 1 is 1.38 bits per heavy atom. The first-order valence-corrected chi connectivity index (χ1v) is 6.94. The molecule has 0 unspecified atom stereocenters. The third-order valence-electron chi connectivity index (χ3n) is 2.96. The van der Waals surface area contributed by atoms with Crippen LogP contribution in [0.25, 0.3) is 0 Å². The Balaban J connectivity index is 2.64. The van der Waals surface area contributed by atoms with Gasteiger partial charge in [-0.25, -0.2) is 8.42 Å². The molecule has 0 amide bonds. The molecule has 2 N–H and O–H groups in total. The predicted molar refractivity (Wildman–Crippen MR) is 66.1 cm³/mol. The highest BCUT2D eigenvalue weighted by molar-refractivity contribution is 7.92. The average Bonchev–Trinajstić information content (AvgIpc) is 2.38. The molecule has 0 aliphatic carbocycles. The number of benzene rings is 1. The summed E-state index contributed by atoms with van der Waals surface area (Å²) >= 11 is 0. The lowest BCUT2D eigenvalue weighted by atomic mass is 9.87. The van der Waals surface area contributed by atoms with Crippen LogP contribution in [0.4, 0.5) is 11.4 Å². The maximum absolute atomic E-state index is 11.7. The van der Waals surface area contributed by atoms with Gasteiger partial charge in [0.1, 0.15) is 0 Å². The number of rotatable bonds is 1. The first kappa shape index (κ1) is 11.3. The summed E-state index contributed by atoms with van der Waals surface area (Å²) in [5.74, 6) is 0. The molecule has 0 atom stereocenters. The van der Waals surface area contributed by atoms with Gasteiger partial charge in [-0.15, -0.1) is 0 Å². The quantitative estimate of drug-likeness (QED) is 0.753. The summed E-state index contributed by atoms with van der Waals surface area (Å²) in [6.07, 6.45) is 1.23. The second kappa shape index (κ2) is 3.13. The lowest BCUT2D eigenvalue weighted by Crippen LogP contribution is -2.32. The maximum atomic E-state index is 11.7. The van der Waals surface area contributed by atoms with Crippen LogP contribution < -0.4 is 10.0 Å². The van der Waals surface area contributed by atoms with Crippen molar-refractivity contribution in [2.24, 2.45) is 0 Å². The van der Waals surface area contributed by atoms with Gasteiger partial charge in [-0.2, -0.15) is 0 Å². The van der Waals surface area contributed by atoms with Crippen LogP contribution in [-0.2, 0) is 15.4 Å². The molecule has 0 radical (unpaired) electrons. The van der Waals surface area contributed by atoms with E-state index in [-0.39, 0.29) is 5.41 Å². The maximum Gasteiger partial charge on any atom is 0.232 e. The van der Waals surface area contributed by atoms with E-state index < -0.39 is 10.0 Å². The summed E-state index contributed by atoms with van der Waals surface area (Å²) in [5, 5.41) is 0. The van der Waals surface area contributed by atoms with E-state index in [4.69, 9.17) is 5.73 Å². The Morgan fingerprint density at radius 2 is 2.00 bits per heavy atom. The van der Waals surface area contributed by atoms with Crippen LogP contribution in [-0.4, -0.2) is 21.2 Å². The molecule has 88 valence electrons. The molecule has 5 heteroatoms. The van der Waals surface area contributed by atoms with Crippen LogP contribution in [0.3, 0.4) is 0 Å². The van der Waals surface area contributed by atoms with E-state index in [9.17, 15) is 8.42 Å². The zero-order chi connectivity index (χ0) is 12.1. The molecule has 0 spiro atoms. The van der Waals surface area contributed by atoms with E-state index in [0.717, 1.165) is 11.3 Å². The van der Waals surface area contributed by atoms with Crippen LogP contribution in [0, 0.1) is 0 Å². The summed E-state index contributed by atoms with van der Waals surface area (Å²) in [5.41, 5.74) is 7.97. The molecule has 0 bridgehead atoms. The number of anilines is 2. The third kappa shape index (κ3) is 1.65. The van der Waals surface area contributed by atoms with E-state index in [0.29, 0.717) is 12.2 Å². The van der Waals surface area contributed by atoms with Crippen LogP contribution in [0.2, 0.25) is 0 Å². The molecule has 0 fully saturated rings. The smallest absolute Gasteiger partial charge is 0.232 e. The minimum Gasteiger partial charge on any atom is -0.399 e. The minimum atomic E-state index is -3.21. The monoisotopic (exact) mass is 240 g/mol. The van der Waals surface area contributed by atoms with Gasteiger partial charge >= 0.3 is 0 Å². The van der Waals surface area contributed by atoms with Crippen molar-refractivity contribution in [1.29, 1.82) is 0 Å². The van der Waals surface area contributed by atoms with Gasteiger partial charge in [0.2, 0.25) is 10.0 Å². The van der Waals surface area contributed by atoms with Crippen molar-refractivity contribution in [2.45, 2.75) is 19.3 Å². The van der Waals surface area contributed by atoms with Gasteiger partial charge in [-0.05, 0) is 23.8 Å². The molecular formula is C11H16N2O2S. The minimum absolute atomic E-state index is 0.187. The molecule has 0 saturated heterocycles. The Kier molecular flexibility index (Phi) is 2.21. The highest BCUT2D eigenvalue weighted by atomic mass is 32.2. The van der Waals surface area contributed by atoms with E-state index in [1.54, 1.807) is 12.1 Å². The number of sulfonamides is 1. The Bertz CT molecular complexity index is 535. The molecule has 2 rings (SSSR count). The average molecular weight is 240 g/mol. The van der Waals surface area contributed by atoms with Gasteiger partial charge in [0.15, 0.2) is 0 Å². The highest BCUT2D eigenvalue weighted by Crippen LogP contribution is 2.42. The van der Waals surface area contributed by atoms with E-state index in [1.165, 1.54) is 10.6 Å². The lowest BCUT2D eigenvalue weighted by molar-refractivity contribution is 0.557. The largest absolute Gasteiger partial charge is 0.399 e. The van der Waals surface area contributed by atoms with Crippen molar-refractivity contribution in [3.8, 4) is 0 Å². The molecule has 1 aromatic rings. The topological polar surface area (TPSA) is 63.4 Å². The third-order valence-corrected chi connectivity index (χ3v) is 4.08. The zero-order valence-electron chi connectivity index (χ0n) is 9.69. The Hall–Kier alpha value is -1.23. The van der Waals surface area contributed by atoms with Crippen LogP contribution in [0.5, 0.6) is 0 Å². The standard InChI is InChI=1S/C11H16N2O2S/c1-11(2)7-13(16(3,14)15)10-5-4-8(12)6-9(10)11/h4-6H,7,12H2,1-3H3. The first-order valence-electron chi connectivity index (χ1n) is 5.09. The summed E-state index contributed by atoms with van der Waals surface area (Å²) in [7, 11) is -3.21. The summed E-state index contributed by atoms with van der Waals surface area (Å²) in [6.45, 7) is 4.53. The highest BCUT2D eigenvalue weighted by Gasteiger charge is 2.38. The van der Waals surface area contributed by atoms with E-state index in [2.05, 4.69) is 0 Å². The molecule has 4 nitrogen and oxygen atoms in total. The SMILES string of the molecule is CC1(C)CN(S(C)(=O)=O)c2ccc(N)cc21. The van der Waals surface area contributed by atoms with Gasteiger partial charge in [-0.3, -0.25) is 4.31 Å².